The number of nitrogens with zero attached hydrogens (tertiary/aromatic N) is 1. The van der Waals surface area contributed by atoms with Crippen molar-refractivity contribution in [2.75, 3.05) is 32.2 Å². The Balaban J connectivity index is 2.22. The van der Waals surface area contributed by atoms with Gasteiger partial charge in [-0.1, -0.05) is 37.6 Å². The summed E-state index contributed by atoms with van der Waals surface area (Å²) in [7, 11) is 3.46. The van der Waals surface area contributed by atoms with Crippen molar-refractivity contribution in [3.63, 3.8) is 0 Å². The molecule has 118 valence electrons. The van der Waals surface area contributed by atoms with Gasteiger partial charge in [-0.25, -0.2) is 0 Å². The van der Waals surface area contributed by atoms with Crippen LogP contribution in [0.4, 0.5) is 5.69 Å². The van der Waals surface area contributed by atoms with E-state index >= 15 is 0 Å². The van der Waals surface area contributed by atoms with Gasteiger partial charge in [0.15, 0.2) is 0 Å². The summed E-state index contributed by atoms with van der Waals surface area (Å²) < 4.78 is 11.0. The van der Waals surface area contributed by atoms with Gasteiger partial charge in [0.2, 0.25) is 0 Å². The molecule has 1 fully saturated rings. The van der Waals surface area contributed by atoms with E-state index in [9.17, 15) is 0 Å². The fourth-order valence-corrected chi connectivity index (χ4v) is 3.06. The van der Waals surface area contributed by atoms with E-state index < -0.39 is 0 Å². The Morgan fingerprint density at radius 3 is 2.38 bits per heavy atom. The van der Waals surface area contributed by atoms with Crippen LogP contribution in [-0.2, 0) is 16.0 Å². The molecule has 1 saturated heterocycles. The monoisotopic (exact) mass is 312 g/mol. The summed E-state index contributed by atoms with van der Waals surface area (Å²) >= 11 is 6.46. The molecule has 1 heterocycles. The minimum Gasteiger partial charge on any atom is -0.377 e. The first kappa shape index (κ1) is 16.6. The van der Waals surface area contributed by atoms with Crippen LogP contribution in [0.15, 0.2) is 18.2 Å². The highest BCUT2D eigenvalue weighted by Gasteiger charge is 2.34. The van der Waals surface area contributed by atoms with E-state index in [1.165, 1.54) is 5.56 Å². The second kappa shape index (κ2) is 7.45. The number of hydrogen-bond acceptors (Lipinski definition) is 4. The molecular weight excluding hydrogens is 288 g/mol. The number of ether oxygens (including phenoxy) is 2. The lowest BCUT2D eigenvalue weighted by atomic mass is 10.1. The molecule has 0 spiro atoms. The van der Waals surface area contributed by atoms with E-state index in [4.69, 9.17) is 21.1 Å². The van der Waals surface area contributed by atoms with Gasteiger partial charge in [0.1, 0.15) is 12.2 Å². The fraction of sp³-hybridized carbons (Fsp3) is 0.625. The predicted octanol–water partition coefficient (Wildman–Crippen LogP) is 2.69. The number of para-hydroxylation sites is 1. The zero-order valence-corrected chi connectivity index (χ0v) is 14.0. The maximum atomic E-state index is 6.46. The zero-order chi connectivity index (χ0) is 15.4. The Hall–Kier alpha value is -0.810. The van der Waals surface area contributed by atoms with Crippen LogP contribution in [0.5, 0.6) is 0 Å². The molecule has 1 aromatic carbocycles. The highest BCUT2D eigenvalue weighted by molar-refractivity contribution is 6.33. The lowest BCUT2D eigenvalue weighted by molar-refractivity contribution is -0.00461. The predicted molar refractivity (Wildman–Crippen MR) is 87.2 cm³/mol. The second-order valence-electron chi connectivity index (χ2n) is 5.74. The maximum absolute atomic E-state index is 6.46. The average molecular weight is 313 g/mol. The fourth-order valence-electron chi connectivity index (χ4n) is 2.75. The molecule has 0 aliphatic carbocycles. The Bertz CT molecular complexity index is 456. The summed E-state index contributed by atoms with van der Waals surface area (Å²) in [5.74, 6) is 0. The highest BCUT2D eigenvalue weighted by Crippen LogP contribution is 2.33. The summed E-state index contributed by atoms with van der Waals surface area (Å²) in [5, 5.41) is 4.24. The first-order valence-corrected chi connectivity index (χ1v) is 7.76. The zero-order valence-electron chi connectivity index (χ0n) is 13.2. The lowest BCUT2D eigenvalue weighted by Crippen LogP contribution is -2.27. The van der Waals surface area contributed by atoms with E-state index in [-0.39, 0.29) is 12.2 Å². The van der Waals surface area contributed by atoms with Crippen LogP contribution in [0.2, 0.25) is 5.02 Å². The summed E-state index contributed by atoms with van der Waals surface area (Å²) in [6, 6.07) is 6.51. The molecule has 1 N–H and O–H groups in total. The molecule has 0 bridgehead atoms. The molecule has 0 aromatic heterocycles. The molecule has 1 aliphatic rings. The van der Waals surface area contributed by atoms with Crippen LogP contribution >= 0.6 is 11.6 Å². The van der Waals surface area contributed by atoms with Crippen LogP contribution in [-0.4, -0.2) is 45.6 Å². The van der Waals surface area contributed by atoms with Crippen molar-refractivity contribution in [1.29, 1.82) is 0 Å². The number of nitrogens with one attached hydrogen (secondary N) is 1. The molecule has 2 unspecified atom stereocenters. The van der Waals surface area contributed by atoms with Crippen LogP contribution in [0.25, 0.3) is 0 Å². The van der Waals surface area contributed by atoms with E-state index in [2.05, 4.69) is 30.1 Å². The Morgan fingerprint density at radius 2 is 1.86 bits per heavy atom. The molecule has 1 aromatic rings. The van der Waals surface area contributed by atoms with E-state index in [1.807, 2.05) is 12.1 Å². The molecule has 21 heavy (non-hydrogen) atoms. The molecule has 2 rings (SSSR count). The Kier molecular flexibility index (Phi) is 5.88. The minimum absolute atomic E-state index is 0.0807. The number of hydrogen-bond donors (Lipinski definition) is 1. The van der Waals surface area contributed by atoms with Gasteiger partial charge in [0, 0.05) is 39.9 Å². The number of methoxy groups -OCH3 is 2. The standard InChI is InChI=1S/C16H25ClN2O2/c1-11(2)18-8-12-6-5-7-13(17)16(12)19-9-14(20-3)15(10-19)21-4/h5-7,11,14-15,18H,8-10H2,1-4H3. The molecule has 0 amide bonds. The van der Waals surface area contributed by atoms with Crippen molar-refractivity contribution in [2.24, 2.45) is 0 Å². The Morgan fingerprint density at radius 1 is 1.24 bits per heavy atom. The molecule has 2 atom stereocenters. The first-order valence-electron chi connectivity index (χ1n) is 7.38. The molecule has 0 saturated carbocycles. The summed E-state index contributed by atoms with van der Waals surface area (Å²) in [5.41, 5.74) is 2.30. The Labute approximate surface area is 132 Å². The van der Waals surface area contributed by atoms with Gasteiger partial charge in [-0.2, -0.15) is 0 Å². The van der Waals surface area contributed by atoms with Crippen molar-refractivity contribution < 1.29 is 9.47 Å². The smallest absolute Gasteiger partial charge is 0.102 e. The van der Waals surface area contributed by atoms with Crippen LogP contribution in [0, 0.1) is 0 Å². The maximum Gasteiger partial charge on any atom is 0.102 e. The third-order valence-corrected chi connectivity index (χ3v) is 4.21. The van der Waals surface area contributed by atoms with Gasteiger partial charge in [-0.3, -0.25) is 0 Å². The van der Waals surface area contributed by atoms with Crippen molar-refractivity contribution in [1.82, 2.24) is 5.32 Å². The largest absolute Gasteiger partial charge is 0.377 e. The topological polar surface area (TPSA) is 33.7 Å². The van der Waals surface area contributed by atoms with E-state index in [1.54, 1.807) is 14.2 Å². The van der Waals surface area contributed by atoms with Gasteiger partial charge < -0.3 is 19.7 Å². The quantitative estimate of drug-likeness (QED) is 0.875. The summed E-state index contributed by atoms with van der Waals surface area (Å²) in [4.78, 5) is 2.27. The third-order valence-electron chi connectivity index (χ3n) is 3.91. The van der Waals surface area contributed by atoms with E-state index in [0.717, 1.165) is 30.3 Å². The summed E-state index contributed by atoms with van der Waals surface area (Å²) in [6.45, 7) is 6.68. The van der Waals surface area contributed by atoms with Crippen LogP contribution in [0.1, 0.15) is 19.4 Å². The van der Waals surface area contributed by atoms with Crippen molar-refractivity contribution in [2.45, 2.75) is 38.6 Å². The van der Waals surface area contributed by atoms with Gasteiger partial charge in [0.25, 0.3) is 0 Å². The van der Waals surface area contributed by atoms with Gasteiger partial charge >= 0.3 is 0 Å². The SMILES string of the molecule is COC1CN(c2c(Cl)cccc2CNC(C)C)CC1OC. The molecule has 5 heteroatoms. The molecule has 0 radical (unpaired) electrons. The second-order valence-corrected chi connectivity index (χ2v) is 6.14. The van der Waals surface area contributed by atoms with Gasteiger partial charge in [0.05, 0.1) is 10.7 Å². The summed E-state index contributed by atoms with van der Waals surface area (Å²) in [6.07, 6.45) is 0.161. The molecule has 4 nitrogen and oxygen atoms in total. The van der Waals surface area contributed by atoms with Crippen molar-refractivity contribution in [3.05, 3.63) is 28.8 Å². The number of rotatable bonds is 6. The van der Waals surface area contributed by atoms with Gasteiger partial charge in [-0.05, 0) is 11.6 Å². The third kappa shape index (κ3) is 3.89. The van der Waals surface area contributed by atoms with Crippen LogP contribution in [0.3, 0.4) is 0 Å². The molecule has 1 aliphatic heterocycles. The van der Waals surface area contributed by atoms with Crippen LogP contribution < -0.4 is 10.2 Å². The normalized spacial score (nSPS) is 22.3. The first-order chi connectivity index (χ1) is 10.1. The number of halogens is 1. The minimum atomic E-state index is 0.0807. The molecular formula is C16H25ClN2O2. The number of anilines is 1. The van der Waals surface area contributed by atoms with Gasteiger partial charge in [-0.15, -0.1) is 0 Å². The lowest BCUT2D eigenvalue weighted by Gasteiger charge is -2.24. The highest BCUT2D eigenvalue weighted by atomic mass is 35.5. The number of benzene rings is 1. The van der Waals surface area contributed by atoms with E-state index in [0.29, 0.717) is 6.04 Å². The average Bonchev–Trinajstić information content (AvgIpc) is 2.87. The van der Waals surface area contributed by atoms with Crippen molar-refractivity contribution in [3.8, 4) is 0 Å². The van der Waals surface area contributed by atoms with Crippen molar-refractivity contribution >= 4 is 17.3 Å².